The van der Waals surface area contributed by atoms with Crippen molar-refractivity contribution in [2.75, 3.05) is 51.1 Å². The number of halogens is 1. The van der Waals surface area contributed by atoms with Gasteiger partial charge >= 0.3 is 0 Å². The number of fused-ring (bicyclic) bond motifs is 1. The molecular weight excluding hydrogens is 383 g/mol. The van der Waals surface area contributed by atoms with Gasteiger partial charge in [0.15, 0.2) is 13.1 Å². The van der Waals surface area contributed by atoms with E-state index in [4.69, 9.17) is 0 Å². The SMILES string of the molecule is O=C(C[NH+]1CC[NH+](CC(=O)N2CCC[C@@H]3CCCC[C@H]32)CC1)Nc1ccc(F)cc1. The molecule has 0 bridgehead atoms. The third kappa shape index (κ3) is 5.38. The van der Waals surface area contributed by atoms with Gasteiger partial charge in [0.05, 0.1) is 0 Å². The molecule has 0 spiro atoms. The normalized spacial score (nSPS) is 29.2. The Kier molecular flexibility index (Phi) is 7.00. The second-order valence-corrected chi connectivity index (χ2v) is 9.25. The standard InChI is InChI=1S/C23H33FN4O2/c24-19-7-9-20(10-8-19)25-22(29)16-26-12-14-27(15-13-26)17-23(30)28-11-3-5-18-4-1-2-6-21(18)28/h7-10,18,21H,1-6,11-17H2,(H,25,29)/p+2/t18-,21+/m0/s1. The van der Waals surface area contributed by atoms with E-state index in [1.54, 1.807) is 12.1 Å². The van der Waals surface area contributed by atoms with Gasteiger partial charge in [0.25, 0.3) is 11.8 Å². The van der Waals surface area contributed by atoms with Crippen molar-refractivity contribution >= 4 is 17.5 Å². The first-order chi connectivity index (χ1) is 14.6. The minimum atomic E-state index is -0.309. The van der Waals surface area contributed by atoms with Crippen molar-refractivity contribution in [3.63, 3.8) is 0 Å². The van der Waals surface area contributed by atoms with E-state index in [0.717, 1.165) is 45.1 Å². The summed E-state index contributed by atoms with van der Waals surface area (Å²) in [6, 6.07) is 6.34. The van der Waals surface area contributed by atoms with E-state index in [-0.39, 0.29) is 11.7 Å². The summed E-state index contributed by atoms with van der Waals surface area (Å²) in [7, 11) is 0. The molecule has 2 aliphatic heterocycles. The fraction of sp³-hybridized carbons (Fsp3) is 0.652. The fourth-order valence-electron chi connectivity index (χ4n) is 5.53. The van der Waals surface area contributed by atoms with Crippen molar-refractivity contribution in [1.82, 2.24) is 4.90 Å². The molecule has 3 fully saturated rings. The Morgan fingerprint density at radius 2 is 1.57 bits per heavy atom. The number of hydrogen-bond acceptors (Lipinski definition) is 2. The Morgan fingerprint density at radius 3 is 2.30 bits per heavy atom. The second-order valence-electron chi connectivity index (χ2n) is 9.25. The molecular formula is C23H35FN4O2+2. The van der Waals surface area contributed by atoms with Crippen molar-refractivity contribution in [3.8, 4) is 0 Å². The Balaban J connectivity index is 1.20. The Hall–Kier alpha value is -1.99. The van der Waals surface area contributed by atoms with Gasteiger partial charge in [-0.15, -0.1) is 0 Å². The van der Waals surface area contributed by atoms with Crippen LogP contribution in [0.5, 0.6) is 0 Å². The van der Waals surface area contributed by atoms with Gasteiger partial charge in [0.2, 0.25) is 0 Å². The second kappa shape index (κ2) is 9.88. The lowest BCUT2D eigenvalue weighted by Crippen LogP contribution is -3.28. The van der Waals surface area contributed by atoms with E-state index in [9.17, 15) is 14.0 Å². The maximum Gasteiger partial charge on any atom is 0.279 e. The van der Waals surface area contributed by atoms with E-state index < -0.39 is 0 Å². The number of nitrogens with one attached hydrogen (secondary N) is 3. The molecule has 0 unspecified atom stereocenters. The number of carbonyl (C=O) groups is 2. The number of hydrogen-bond donors (Lipinski definition) is 3. The lowest BCUT2D eigenvalue weighted by Gasteiger charge is -2.44. The first kappa shape index (κ1) is 21.2. The first-order valence-electron chi connectivity index (χ1n) is 11.6. The van der Waals surface area contributed by atoms with Crippen molar-refractivity contribution in [1.29, 1.82) is 0 Å². The van der Waals surface area contributed by atoms with Crippen LogP contribution in [0, 0.1) is 11.7 Å². The van der Waals surface area contributed by atoms with Gasteiger partial charge in [-0.1, -0.05) is 12.8 Å². The predicted molar refractivity (Wildman–Crippen MR) is 113 cm³/mol. The molecule has 7 heteroatoms. The minimum Gasteiger partial charge on any atom is -0.335 e. The highest BCUT2D eigenvalue weighted by atomic mass is 19.1. The van der Waals surface area contributed by atoms with Crippen LogP contribution in [0.15, 0.2) is 24.3 Å². The van der Waals surface area contributed by atoms with Gasteiger partial charge in [-0.05, 0) is 55.9 Å². The third-order valence-corrected chi connectivity index (χ3v) is 7.17. The summed E-state index contributed by atoms with van der Waals surface area (Å²) in [5, 5.41) is 2.84. The highest BCUT2D eigenvalue weighted by Gasteiger charge is 2.37. The molecule has 1 aromatic carbocycles. The molecule has 0 aromatic heterocycles. The lowest BCUT2D eigenvalue weighted by atomic mass is 9.78. The number of piperidine rings is 1. The quantitative estimate of drug-likeness (QED) is 0.617. The summed E-state index contributed by atoms with van der Waals surface area (Å²) >= 11 is 0. The largest absolute Gasteiger partial charge is 0.335 e. The smallest absolute Gasteiger partial charge is 0.279 e. The van der Waals surface area contributed by atoms with E-state index in [0.29, 0.717) is 30.7 Å². The molecule has 164 valence electrons. The number of nitrogens with zero attached hydrogens (tertiary/aromatic N) is 1. The molecule has 2 heterocycles. The highest BCUT2D eigenvalue weighted by molar-refractivity contribution is 5.91. The van der Waals surface area contributed by atoms with Crippen LogP contribution in [0.4, 0.5) is 10.1 Å². The van der Waals surface area contributed by atoms with E-state index in [2.05, 4.69) is 10.2 Å². The Morgan fingerprint density at radius 1 is 0.933 bits per heavy atom. The molecule has 2 saturated heterocycles. The number of benzene rings is 1. The van der Waals surface area contributed by atoms with Gasteiger partial charge in [-0.3, -0.25) is 9.59 Å². The van der Waals surface area contributed by atoms with Gasteiger partial charge in [0, 0.05) is 18.3 Å². The molecule has 2 amide bonds. The molecule has 3 N–H and O–H groups in total. The van der Waals surface area contributed by atoms with Crippen LogP contribution in [-0.2, 0) is 9.59 Å². The van der Waals surface area contributed by atoms with Crippen LogP contribution < -0.4 is 15.1 Å². The van der Waals surface area contributed by atoms with Gasteiger partial charge in [-0.2, -0.15) is 0 Å². The third-order valence-electron chi connectivity index (χ3n) is 7.17. The Labute approximate surface area is 178 Å². The predicted octanol–water partition coefficient (Wildman–Crippen LogP) is -0.271. The zero-order valence-corrected chi connectivity index (χ0v) is 17.8. The van der Waals surface area contributed by atoms with Crippen LogP contribution in [0.3, 0.4) is 0 Å². The molecule has 1 aromatic rings. The van der Waals surface area contributed by atoms with E-state index in [1.165, 1.54) is 54.0 Å². The zero-order chi connectivity index (χ0) is 20.9. The average Bonchev–Trinajstić information content (AvgIpc) is 2.76. The molecule has 6 nitrogen and oxygen atoms in total. The number of rotatable bonds is 5. The summed E-state index contributed by atoms with van der Waals surface area (Å²) in [5.74, 6) is 0.704. The highest BCUT2D eigenvalue weighted by Crippen LogP contribution is 2.35. The van der Waals surface area contributed by atoms with Crippen LogP contribution in [0.25, 0.3) is 0 Å². The van der Waals surface area contributed by atoms with Crippen molar-refractivity contribution in [2.45, 2.75) is 44.6 Å². The summed E-state index contributed by atoms with van der Waals surface area (Å²) in [6.07, 6.45) is 7.52. The van der Waals surface area contributed by atoms with Crippen LogP contribution in [-0.4, -0.2) is 68.6 Å². The summed E-state index contributed by atoms with van der Waals surface area (Å²) < 4.78 is 13.0. The molecule has 1 aliphatic carbocycles. The maximum atomic E-state index is 13.0. The number of anilines is 1. The first-order valence-corrected chi connectivity index (χ1v) is 11.6. The molecule has 0 radical (unpaired) electrons. The van der Waals surface area contributed by atoms with Gasteiger partial charge in [-0.25, -0.2) is 4.39 Å². The van der Waals surface area contributed by atoms with Gasteiger partial charge in [0.1, 0.15) is 32.0 Å². The number of piperazine rings is 1. The van der Waals surface area contributed by atoms with Crippen LogP contribution in [0.1, 0.15) is 38.5 Å². The fourth-order valence-corrected chi connectivity index (χ4v) is 5.53. The van der Waals surface area contributed by atoms with Crippen LogP contribution in [0.2, 0.25) is 0 Å². The maximum absolute atomic E-state index is 13.0. The minimum absolute atomic E-state index is 0.0483. The number of carbonyl (C=O) groups excluding carboxylic acids is 2. The molecule has 4 rings (SSSR count). The van der Waals surface area contributed by atoms with E-state index >= 15 is 0 Å². The molecule has 30 heavy (non-hydrogen) atoms. The summed E-state index contributed by atoms with van der Waals surface area (Å²) in [6.45, 7) is 5.58. The summed E-state index contributed by atoms with van der Waals surface area (Å²) in [4.78, 5) is 30.1. The molecule has 3 aliphatic rings. The van der Waals surface area contributed by atoms with Gasteiger partial charge < -0.3 is 20.0 Å². The average molecular weight is 419 g/mol. The van der Waals surface area contributed by atoms with Crippen molar-refractivity contribution in [3.05, 3.63) is 30.1 Å². The van der Waals surface area contributed by atoms with E-state index in [1.807, 2.05) is 0 Å². The van der Waals surface area contributed by atoms with Crippen molar-refractivity contribution < 1.29 is 23.8 Å². The topological polar surface area (TPSA) is 58.3 Å². The number of likely N-dealkylation sites (tertiary alicyclic amines) is 1. The lowest BCUT2D eigenvalue weighted by molar-refractivity contribution is -1.00. The molecule has 1 saturated carbocycles. The van der Waals surface area contributed by atoms with Crippen LogP contribution >= 0.6 is 0 Å². The summed E-state index contributed by atoms with van der Waals surface area (Å²) in [5.41, 5.74) is 0.623. The zero-order valence-electron chi connectivity index (χ0n) is 17.8. The number of quaternary nitrogens is 2. The molecule has 2 atom stereocenters. The number of amides is 2. The monoisotopic (exact) mass is 418 g/mol. The van der Waals surface area contributed by atoms with Crippen molar-refractivity contribution in [2.24, 2.45) is 5.92 Å². The Bertz CT molecular complexity index is 731.